The Kier molecular flexibility index (Phi) is 4.62. The second kappa shape index (κ2) is 6.69. The van der Waals surface area contributed by atoms with Crippen LogP contribution in [0.2, 0.25) is 0 Å². The van der Waals surface area contributed by atoms with Gasteiger partial charge in [-0.1, -0.05) is 36.8 Å². The van der Waals surface area contributed by atoms with Gasteiger partial charge in [-0.2, -0.15) is 0 Å². The van der Waals surface area contributed by atoms with Crippen LogP contribution in [0, 0.1) is 0 Å². The number of nitrogens with two attached hydrogens (primary N) is 1. The summed E-state index contributed by atoms with van der Waals surface area (Å²) in [4.78, 5) is 29.6. The van der Waals surface area contributed by atoms with E-state index in [4.69, 9.17) is 10.5 Å². The Morgan fingerprint density at radius 1 is 1.17 bits per heavy atom. The van der Waals surface area contributed by atoms with Crippen molar-refractivity contribution in [3.8, 4) is 0 Å². The zero-order valence-electron chi connectivity index (χ0n) is 13.8. The van der Waals surface area contributed by atoms with E-state index in [1.165, 1.54) is 12.6 Å². The van der Waals surface area contributed by atoms with E-state index in [1.54, 1.807) is 31.2 Å². The Morgan fingerprint density at radius 2 is 1.83 bits per heavy atom. The molecular formula is C19H22N2O3. The van der Waals surface area contributed by atoms with Crippen molar-refractivity contribution in [1.82, 2.24) is 0 Å². The summed E-state index contributed by atoms with van der Waals surface area (Å²) in [7, 11) is 0. The molecule has 24 heavy (non-hydrogen) atoms. The molecule has 1 aromatic rings. The lowest BCUT2D eigenvalue weighted by atomic mass is 9.94. The van der Waals surface area contributed by atoms with Crippen LogP contribution in [0.3, 0.4) is 0 Å². The Labute approximate surface area is 141 Å². The van der Waals surface area contributed by atoms with E-state index in [-0.39, 0.29) is 23.0 Å². The molecule has 1 aliphatic heterocycles. The van der Waals surface area contributed by atoms with Crippen molar-refractivity contribution < 1.29 is 14.3 Å². The van der Waals surface area contributed by atoms with Gasteiger partial charge in [0.05, 0.1) is 11.1 Å². The van der Waals surface area contributed by atoms with Gasteiger partial charge in [-0.05, 0) is 32.6 Å². The van der Waals surface area contributed by atoms with Crippen molar-refractivity contribution in [2.75, 3.05) is 0 Å². The second-order valence-corrected chi connectivity index (χ2v) is 6.55. The van der Waals surface area contributed by atoms with Crippen molar-refractivity contribution >= 4 is 18.0 Å². The minimum atomic E-state index is -1.23. The molecule has 0 radical (unpaired) electrons. The maximum absolute atomic E-state index is 12.7. The van der Waals surface area contributed by atoms with Crippen molar-refractivity contribution in [3.63, 3.8) is 0 Å². The number of Topliss-reactive ketones (excluding diaryl/α,β-unsaturated/α-hetero) is 1. The highest BCUT2D eigenvalue weighted by Gasteiger charge is 2.39. The maximum Gasteiger partial charge on any atom is 0.338 e. The molecule has 0 saturated heterocycles. The van der Waals surface area contributed by atoms with Crippen molar-refractivity contribution in [1.29, 1.82) is 0 Å². The molecule has 1 saturated carbocycles. The summed E-state index contributed by atoms with van der Waals surface area (Å²) in [5, 5.41) is 0. The first-order valence-corrected chi connectivity index (χ1v) is 8.38. The molecule has 5 nitrogen and oxygen atoms in total. The molecule has 1 aliphatic carbocycles. The summed E-state index contributed by atoms with van der Waals surface area (Å²) < 4.78 is 5.62. The van der Waals surface area contributed by atoms with Crippen LogP contribution in [0.25, 0.3) is 0 Å². The number of benzene rings is 1. The number of esters is 1. The number of aliphatic imine (C=N–C) groups is 1. The molecule has 1 heterocycles. The number of ketones is 1. The molecule has 5 heteroatoms. The van der Waals surface area contributed by atoms with Crippen LogP contribution in [0.15, 0.2) is 46.5 Å². The van der Waals surface area contributed by atoms with Crippen molar-refractivity contribution in [3.05, 3.63) is 47.0 Å². The van der Waals surface area contributed by atoms with Gasteiger partial charge >= 0.3 is 5.97 Å². The van der Waals surface area contributed by atoms with Crippen LogP contribution in [0.4, 0.5) is 0 Å². The summed E-state index contributed by atoms with van der Waals surface area (Å²) in [6, 6.07) is 8.81. The molecule has 1 aromatic carbocycles. The van der Waals surface area contributed by atoms with Crippen LogP contribution in [-0.4, -0.2) is 29.7 Å². The van der Waals surface area contributed by atoms with E-state index in [9.17, 15) is 9.59 Å². The maximum atomic E-state index is 12.7. The van der Waals surface area contributed by atoms with Crippen molar-refractivity contribution in [2.45, 2.75) is 50.8 Å². The minimum absolute atomic E-state index is 0.0942. The SMILES string of the molecule is CC1(N)N=CC(C(=O)c2ccccc2)=C1C(=O)OC1CCCCC1. The number of hydrogen-bond acceptors (Lipinski definition) is 5. The molecule has 126 valence electrons. The average Bonchev–Trinajstić information content (AvgIpc) is 2.91. The molecule has 3 rings (SSSR count). The van der Waals surface area contributed by atoms with Gasteiger partial charge in [0.2, 0.25) is 0 Å². The number of nitrogens with zero attached hydrogens (tertiary/aromatic N) is 1. The van der Waals surface area contributed by atoms with Crippen LogP contribution < -0.4 is 5.73 Å². The number of rotatable bonds is 4. The molecule has 0 aromatic heterocycles. The summed E-state index contributed by atoms with van der Waals surface area (Å²) in [5.41, 5.74) is 5.78. The van der Waals surface area contributed by atoms with E-state index in [1.807, 2.05) is 6.07 Å². The topological polar surface area (TPSA) is 81.8 Å². The molecule has 0 bridgehead atoms. The monoisotopic (exact) mass is 326 g/mol. The molecule has 0 spiro atoms. The molecule has 2 N–H and O–H groups in total. The highest BCUT2D eigenvalue weighted by molar-refractivity contribution is 6.26. The van der Waals surface area contributed by atoms with E-state index >= 15 is 0 Å². The quantitative estimate of drug-likeness (QED) is 0.681. The van der Waals surface area contributed by atoms with Gasteiger partial charge in [-0.15, -0.1) is 0 Å². The van der Waals surface area contributed by atoms with Gasteiger partial charge in [0.1, 0.15) is 11.8 Å². The molecule has 0 amide bonds. The average molecular weight is 326 g/mol. The summed E-state index contributed by atoms with van der Waals surface area (Å²) in [6.45, 7) is 1.62. The van der Waals surface area contributed by atoms with Crippen LogP contribution >= 0.6 is 0 Å². The first-order chi connectivity index (χ1) is 11.5. The third kappa shape index (κ3) is 3.31. The van der Waals surface area contributed by atoms with E-state index in [0.717, 1.165) is 25.7 Å². The highest BCUT2D eigenvalue weighted by Crippen LogP contribution is 2.30. The summed E-state index contributed by atoms with van der Waals surface area (Å²) >= 11 is 0. The lowest BCUT2D eigenvalue weighted by Gasteiger charge is -2.25. The van der Waals surface area contributed by atoms with Crippen LogP contribution in [-0.2, 0) is 9.53 Å². The van der Waals surface area contributed by atoms with Crippen molar-refractivity contribution in [2.24, 2.45) is 10.7 Å². The lowest BCUT2D eigenvalue weighted by Crippen LogP contribution is -2.40. The third-order valence-electron chi connectivity index (χ3n) is 4.55. The van der Waals surface area contributed by atoms with Gasteiger partial charge < -0.3 is 10.5 Å². The fourth-order valence-corrected chi connectivity index (χ4v) is 3.23. The second-order valence-electron chi connectivity index (χ2n) is 6.55. The minimum Gasteiger partial charge on any atom is -0.459 e. The van der Waals surface area contributed by atoms with Crippen LogP contribution in [0.5, 0.6) is 0 Å². The van der Waals surface area contributed by atoms with Gasteiger partial charge in [-0.25, -0.2) is 4.79 Å². The molecular weight excluding hydrogens is 304 g/mol. The normalized spacial score (nSPS) is 24.2. The molecule has 1 unspecified atom stereocenters. The summed E-state index contributed by atoms with van der Waals surface area (Å²) in [6.07, 6.45) is 6.32. The van der Waals surface area contributed by atoms with E-state index < -0.39 is 11.6 Å². The largest absolute Gasteiger partial charge is 0.459 e. The Hall–Kier alpha value is -2.27. The first kappa shape index (κ1) is 16.6. The zero-order chi connectivity index (χ0) is 17.2. The van der Waals surface area contributed by atoms with E-state index in [0.29, 0.717) is 5.56 Å². The third-order valence-corrected chi connectivity index (χ3v) is 4.55. The highest BCUT2D eigenvalue weighted by atomic mass is 16.5. The smallest absolute Gasteiger partial charge is 0.338 e. The Balaban J connectivity index is 1.88. The van der Waals surface area contributed by atoms with Crippen LogP contribution in [0.1, 0.15) is 49.4 Å². The van der Waals surface area contributed by atoms with Gasteiger partial charge in [0, 0.05) is 11.8 Å². The summed E-state index contributed by atoms with van der Waals surface area (Å²) in [5.74, 6) is -0.784. The fourth-order valence-electron chi connectivity index (χ4n) is 3.23. The molecule has 1 fully saturated rings. The molecule has 2 aliphatic rings. The predicted molar refractivity (Wildman–Crippen MR) is 91.8 cm³/mol. The predicted octanol–water partition coefficient (Wildman–Crippen LogP) is 2.80. The van der Waals surface area contributed by atoms with Gasteiger partial charge in [-0.3, -0.25) is 9.79 Å². The first-order valence-electron chi connectivity index (χ1n) is 8.38. The fraction of sp³-hybridized carbons (Fsp3) is 0.421. The Morgan fingerprint density at radius 3 is 2.50 bits per heavy atom. The lowest BCUT2D eigenvalue weighted by molar-refractivity contribution is -0.146. The van der Waals surface area contributed by atoms with Gasteiger partial charge in [0.15, 0.2) is 5.78 Å². The standard InChI is InChI=1S/C19H22N2O3/c1-19(20)16(18(23)24-14-10-6-3-7-11-14)15(12-21-19)17(22)13-8-4-2-5-9-13/h2,4-5,8-9,12,14H,3,6-7,10-11,20H2,1H3. The number of carbonyl (C=O) groups is 2. The zero-order valence-corrected chi connectivity index (χ0v) is 13.8. The Bertz CT molecular complexity index is 699. The number of ether oxygens (including phenoxy) is 1. The number of hydrogen-bond donors (Lipinski definition) is 1. The van der Waals surface area contributed by atoms with E-state index in [2.05, 4.69) is 4.99 Å². The number of carbonyl (C=O) groups excluding carboxylic acids is 2. The number of allylic oxidation sites excluding steroid dienone is 1. The van der Waals surface area contributed by atoms with Gasteiger partial charge in [0.25, 0.3) is 0 Å². The molecule has 1 atom stereocenters.